The Morgan fingerprint density at radius 2 is 1.78 bits per heavy atom. The van der Waals surface area contributed by atoms with Crippen molar-refractivity contribution < 1.29 is 9.18 Å². The van der Waals surface area contributed by atoms with Crippen molar-refractivity contribution in [2.24, 2.45) is 17.6 Å². The van der Waals surface area contributed by atoms with Crippen molar-refractivity contribution in [3.63, 3.8) is 0 Å². The average molecular weight is 485 g/mol. The summed E-state index contributed by atoms with van der Waals surface area (Å²) in [6.45, 7) is 7.29. The number of anilines is 1. The molecule has 4 aromatic rings. The second-order valence-electron chi connectivity index (χ2n) is 10.6. The van der Waals surface area contributed by atoms with Crippen LogP contribution in [0.25, 0.3) is 16.9 Å². The lowest BCUT2D eigenvalue weighted by Gasteiger charge is -2.23. The van der Waals surface area contributed by atoms with Crippen LogP contribution in [0.4, 0.5) is 10.2 Å². The lowest BCUT2D eigenvalue weighted by atomic mass is 9.94. The molecule has 2 aliphatic rings. The maximum absolute atomic E-state index is 13.4. The van der Waals surface area contributed by atoms with E-state index in [1.807, 2.05) is 66.7 Å². The quantitative estimate of drug-likeness (QED) is 0.443. The SMILES string of the molecule is Cc1cn2cc(C(=O)N3C[C@@H]4C(Nc5cc(C(C)(C)N)cc(-c6ccc(F)cc6)n5)[C@@H]4C3)ccc2n1. The van der Waals surface area contributed by atoms with Crippen LogP contribution in [0.15, 0.2) is 60.9 Å². The summed E-state index contributed by atoms with van der Waals surface area (Å²) in [5.74, 6) is 1.30. The van der Waals surface area contributed by atoms with Crippen molar-refractivity contribution in [3.05, 3.63) is 83.6 Å². The molecule has 1 unspecified atom stereocenters. The van der Waals surface area contributed by atoms with E-state index in [-0.39, 0.29) is 17.8 Å². The number of fused-ring (bicyclic) bond motifs is 2. The number of halogens is 1. The Morgan fingerprint density at radius 3 is 2.47 bits per heavy atom. The van der Waals surface area contributed by atoms with E-state index in [0.29, 0.717) is 17.4 Å². The summed E-state index contributed by atoms with van der Waals surface area (Å²) in [6, 6.07) is 14.3. The summed E-state index contributed by atoms with van der Waals surface area (Å²) in [4.78, 5) is 24.3. The third-order valence-corrected chi connectivity index (χ3v) is 7.32. The van der Waals surface area contributed by atoms with E-state index in [1.165, 1.54) is 12.1 Å². The minimum atomic E-state index is -0.550. The molecule has 2 fully saturated rings. The molecule has 1 aromatic carbocycles. The van der Waals surface area contributed by atoms with Crippen molar-refractivity contribution in [1.29, 1.82) is 0 Å². The van der Waals surface area contributed by atoms with E-state index in [1.54, 1.807) is 12.1 Å². The molecule has 184 valence electrons. The summed E-state index contributed by atoms with van der Waals surface area (Å²) < 4.78 is 15.3. The topological polar surface area (TPSA) is 88.5 Å². The highest BCUT2D eigenvalue weighted by atomic mass is 19.1. The van der Waals surface area contributed by atoms with E-state index in [2.05, 4.69) is 10.3 Å². The van der Waals surface area contributed by atoms with Crippen molar-refractivity contribution >= 4 is 17.4 Å². The highest BCUT2D eigenvalue weighted by Crippen LogP contribution is 2.47. The molecule has 1 aliphatic carbocycles. The Hall–Kier alpha value is -3.78. The lowest BCUT2D eigenvalue weighted by molar-refractivity contribution is 0.0773. The third-order valence-electron chi connectivity index (χ3n) is 7.32. The van der Waals surface area contributed by atoms with E-state index in [4.69, 9.17) is 10.7 Å². The highest BCUT2D eigenvalue weighted by Gasteiger charge is 2.57. The Bertz CT molecular complexity index is 1460. The molecule has 1 saturated carbocycles. The summed E-state index contributed by atoms with van der Waals surface area (Å²) in [5.41, 5.74) is 10.8. The van der Waals surface area contributed by atoms with Gasteiger partial charge < -0.3 is 20.4 Å². The number of imidazole rings is 1. The number of benzene rings is 1. The number of piperidine rings is 1. The van der Waals surface area contributed by atoms with Gasteiger partial charge in [-0.1, -0.05) is 0 Å². The van der Waals surface area contributed by atoms with Gasteiger partial charge in [0.15, 0.2) is 0 Å². The van der Waals surface area contributed by atoms with Crippen LogP contribution in [0.3, 0.4) is 0 Å². The van der Waals surface area contributed by atoms with Gasteiger partial charge in [-0.2, -0.15) is 0 Å². The predicted molar refractivity (Wildman–Crippen MR) is 137 cm³/mol. The Labute approximate surface area is 209 Å². The van der Waals surface area contributed by atoms with Gasteiger partial charge >= 0.3 is 0 Å². The number of carbonyl (C=O) groups is 1. The van der Waals surface area contributed by atoms with Crippen molar-refractivity contribution in [1.82, 2.24) is 19.3 Å². The first-order valence-electron chi connectivity index (χ1n) is 12.2. The van der Waals surface area contributed by atoms with Crippen molar-refractivity contribution in [2.75, 3.05) is 18.4 Å². The number of hydrogen-bond donors (Lipinski definition) is 2. The molecule has 3 N–H and O–H groups in total. The average Bonchev–Trinajstić information content (AvgIpc) is 3.16. The molecule has 7 nitrogen and oxygen atoms in total. The van der Waals surface area contributed by atoms with Gasteiger partial charge in [-0.15, -0.1) is 0 Å². The van der Waals surface area contributed by atoms with Crippen molar-refractivity contribution in [2.45, 2.75) is 32.4 Å². The molecule has 1 amide bonds. The zero-order valence-electron chi connectivity index (χ0n) is 20.6. The zero-order chi connectivity index (χ0) is 25.2. The van der Waals surface area contributed by atoms with E-state index >= 15 is 0 Å². The number of carbonyl (C=O) groups excluding carboxylic acids is 1. The van der Waals surface area contributed by atoms with Crippen LogP contribution in [-0.4, -0.2) is 44.3 Å². The summed E-state index contributed by atoms with van der Waals surface area (Å²) in [5, 5.41) is 3.59. The number of likely N-dealkylation sites (tertiary alicyclic amines) is 1. The number of aromatic nitrogens is 3. The molecule has 1 saturated heterocycles. The first-order chi connectivity index (χ1) is 17.2. The highest BCUT2D eigenvalue weighted by molar-refractivity contribution is 5.94. The molecule has 0 spiro atoms. The fourth-order valence-electron chi connectivity index (χ4n) is 5.25. The van der Waals surface area contributed by atoms with Crippen LogP contribution in [0.1, 0.15) is 35.5 Å². The van der Waals surface area contributed by atoms with Gasteiger partial charge in [0.25, 0.3) is 5.91 Å². The zero-order valence-corrected chi connectivity index (χ0v) is 20.6. The van der Waals surface area contributed by atoms with Crippen LogP contribution >= 0.6 is 0 Å². The van der Waals surface area contributed by atoms with Gasteiger partial charge in [-0.05, 0) is 74.9 Å². The molecule has 0 radical (unpaired) electrons. The van der Waals surface area contributed by atoms with Gasteiger partial charge in [-0.25, -0.2) is 14.4 Å². The smallest absolute Gasteiger partial charge is 0.255 e. The summed E-state index contributed by atoms with van der Waals surface area (Å²) in [7, 11) is 0. The number of nitrogens with zero attached hydrogens (tertiary/aromatic N) is 4. The minimum Gasteiger partial charge on any atom is -0.367 e. The minimum absolute atomic E-state index is 0.0535. The van der Waals surface area contributed by atoms with Crippen molar-refractivity contribution in [3.8, 4) is 11.3 Å². The fraction of sp³-hybridized carbons (Fsp3) is 0.321. The van der Waals surface area contributed by atoms with Crippen LogP contribution in [0.5, 0.6) is 0 Å². The van der Waals surface area contributed by atoms with E-state index < -0.39 is 5.54 Å². The van der Waals surface area contributed by atoms with Crippen LogP contribution in [0.2, 0.25) is 0 Å². The number of rotatable bonds is 5. The monoisotopic (exact) mass is 484 g/mol. The molecule has 4 heterocycles. The Balaban J connectivity index is 1.17. The molecule has 6 rings (SSSR count). The molecular formula is C28H29FN6O. The number of aryl methyl sites for hydroxylation is 1. The molecule has 36 heavy (non-hydrogen) atoms. The normalized spacial score (nSPS) is 21.0. The maximum atomic E-state index is 13.4. The first-order valence-corrected chi connectivity index (χ1v) is 12.2. The number of pyridine rings is 2. The second-order valence-corrected chi connectivity index (χ2v) is 10.6. The number of amides is 1. The van der Waals surface area contributed by atoms with Gasteiger partial charge in [0.05, 0.1) is 17.0 Å². The Morgan fingerprint density at radius 1 is 1.06 bits per heavy atom. The fourth-order valence-corrected chi connectivity index (χ4v) is 5.25. The molecule has 8 heteroatoms. The summed E-state index contributed by atoms with van der Waals surface area (Å²) in [6.07, 6.45) is 3.79. The molecule has 3 atom stereocenters. The van der Waals surface area contributed by atoms with Crippen LogP contribution < -0.4 is 11.1 Å². The van der Waals surface area contributed by atoms with E-state index in [9.17, 15) is 9.18 Å². The molecular weight excluding hydrogens is 455 g/mol. The number of nitrogens with one attached hydrogen (secondary N) is 1. The standard InChI is InChI=1S/C28H29FN6O/c1-16-12-34-13-18(6-9-25(34)31-16)27(36)35-14-21-22(15-35)26(21)33-24-11-19(28(2,3)30)10-23(32-24)17-4-7-20(29)8-5-17/h4-13,21-22,26H,14-15,30H2,1-3H3,(H,32,33)/t21-,22+,26?. The maximum Gasteiger partial charge on any atom is 0.255 e. The van der Waals surface area contributed by atoms with Gasteiger partial charge in [0, 0.05) is 54.5 Å². The lowest BCUT2D eigenvalue weighted by Crippen LogP contribution is -2.34. The second kappa shape index (κ2) is 8.13. The Kier molecular flexibility index (Phi) is 5.12. The van der Waals surface area contributed by atoms with Gasteiger partial charge in [0.2, 0.25) is 0 Å². The van der Waals surface area contributed by atoms with Gasteiger partial charge in [0.1, 0.15) is 17.3 Å². The largest absolute Gasteiger partial charge is 0.367 e. The van der Waals surface area contributed by atoms with Gasteiger partial charge in [-0.3, -0.25) is 4.79 Å². The molecule has 0 bridgehead atoms. The first kappa shape index (κ1) is 22.7. The number of hydrogen-bond acceptors (Lipinski definition) is 5. The van der Waals surface area contributed by atoms with Crippen LogP contribution in [-0.2, 0) is 5.54 Å². The van der Waals surface area contributed by atoms with E-state index in [0.717, 1.165) is 47.1 Å². The molecule has 3 aromatic heterocycles. The van der Waals surface area contributed by atoms with Crippen LogP contribution in [0, 0.1) is 24.6 Å². The number of nitrogens with two attached hydrogens (primary N) is 1. The molecule has 1 aliphatic heterocycles. The predicted octanol–water partition coefficient (Wildman–Crippen LogP) is 4.22. The third kappa shape index (κ3) is 4.11. The summed E-state index contributed by atoms with van der Waals surface area (Å²) >= 11 is 0.